The number of fused-ring (bicyclic) bond motifs is 1. The van der Waals surface area contributed by atoms with E-state index in [1.807, 2.05) is 34.6 Å². The molecule has 0 aromatic heterocycles. The lowest BCUT2D eigenvalue weighted by molar-refractivity contribution is -0.0453. The maximum absolute atomic E-state index is 12.0. The Morgan fingerprint density at radius 2 is 2.00 bits per heavy atom. The summed E-state index contributed by atoms with van der Waals surface area (Å²) in [5.74, 6) is 0.696. The molecule has 2 aliphatic heterocycles. The van der Waals surface area contributed by atoms with E-state index in [0.29, 0.717) is 25.1 Å². The van der Waals surface area contributed by atoms with Crippen LogP contribution < -0.4 is 16.0 Å². The topological polar surface area (TPSA) is 87.2 Å². The summed E-state index contributed by atoms with van der Waals surface area (Å²) < 4.78 is 11.3. The second kappa shape index (κ2) is 9.10. The Morgan fingerprint density at radius 3 is 2.67 bits per heavy atom. The zero-order valence-corrected chi connectivity index (χ0v) is 17.7. The molecule has 0 aliphatic carbocycles. The number of nitrogens with one attached hydrogen (secondary N) is 3. The molecule has 2 atom stereocenters. The Bertz CT molecular complexity index is 530. The number of ether oxygens (including phenoxy) is 2. The lowest BCUT2D eigenvalue weighted by Gasteiger charge is -2.35. The van der Waals surface area contributed by atoms with Crippen LogP contribution in [0.4, 0.5) is 4.79 Å². The van der Waals surface area contributed by atoms with Crippen LogP contribution in [0, 0.1) is 0 Å². The van der Waals surface area contributed by atoms with Gasteiger partial charge >= 0.3 is 6.09 Å². The van der Waals surface area contributed by atoms with Crippen molar-refractivity contribution in [1.29, 1.82) is 0 Å². The second-order valence-electron chi connectivity index (χ2n) is 9.06. The number of nitrogens with zero attached hydrogens (tertiary/aromatic N) is 2. The van der Waals surface area contributed by atoms with Crippen molar-refractivity contribution in [3.63, 3.8) is 0 Å². The van der Waals surface area contributed by atoms with Crippen LogP contribution in [0.25, 0.3) is 0 Å². The molecule has 8 nitrogen and oxygen atoms in total. The Balaban J connectivity index is 1.72. The van der Waals surface area contributed by atoms with Gasteiger partial charge in [-0.15, -0.1) is 0 Å². The summed E-state index contributed by atoms with van der Waals surface area (Å²) in [4.78, 5) is 18.8. The Hall–Kier alpha value is -1.54. The number of carbonyl (C=O) groups is 1. The van der Waals surface area contributed by atoms with Crippen molar-refractivity contribution in [3.05, 3.63) is 0 Å². The van der Waals surface area contributed by atoms with Crippen molar-refractivity contribution in [2.45, 2.75) is 70.7 Å². The highest BCUT2D eigenvalue weighted by Crippen LogP contribution is 2.22. The summed E-state index contributed by atoms with van der Waals surface area (Å²) >= 11 is 0. The highest BCUT2D eigenvalue weighted by atomic mass is 16.6. The zero-order chi connectivity index (χ0) is 20.1. The van der Waals surface area contributed by atoms with Crippen molar-refractivity contribution in [2.24, 2.45) is 4.99 Å². The fraction of sp³-hybridized carbons (Fsp3) is 0.895. The number of hydrogen-bond donors (Lipinski definition) is 3. The molecule has 3 N–H and O–H groups in total. The van der Waals surface area contributed by atoms with Crippen LogP contribution in [0.5, 0.6) is 0 Å². The van der Waals surface area contributed by atoms with E-state index in [-0.39, 0.29) is 6.10 Å². The largest absolute Gasteiger partial charge is 0.444 e. The molecule has 1 amide bonds. The first-order chi connectivity index (χ1) is 12.6. The third-order valence-corrected chi connectivity index (χ3v) is 4.72. The van der Waals surface area contributed by atoms with Gasteiger partial charge in [-0.1, -0.05) is 0 Å². The van der Waals surface area contributed by atoms with Crippen molar-refractivity contribution < 1.29 is 14.3 Å². The summed E-state index contributed by atoms with van der Waals surface area (Å²) in [6.45, 7) is 13.6. The van der Waals surface area contributed by atoms with Gasteiger partial charge in [0, 0.05) is 32.7 Å². The maximum Gasteiger partial charge on any atom is 0.408 e. The molecule has 2 unspecified atom stereocenters. The van der Waals surface area contributed by atoms with Gasteiger partial charge in [0.2, 0.25) is 0 Å². The number of guanidine groups is 1. The molecule has 156 valence electrons. The van der Waals surface area contributed by atoms with E-state index < -0.39 is 17.2 Å². The first-order valence-electron chi connectivity index (χ1n) is 9.89. The van der Waals surface area contributed by atoms with E-state index in [1.54, 1.807) is 7.05 Å². The van der Waals surface area contributed by atoms with Gasteiger partial charge in [-0.25, -0.2) is 4.79 Å². The molecule has 2 saturated heterocycles. The van der Waals surface area contributed by atoms with E-state index in [0.717, 1.165) is 13.2 Å². The van der Waals surface area contributed by atoms with Crippen LogP contribution >= 0.6 is 0 Å². The predicted molar refractivity (Wildman–Crippen MR) is 107 cm³/mol. The van der Waals surface area contributed by atoms with Crippen LogP contribution in [0.3, 0.4) is 0 Å². The number of amides is 1. The van der Waals surface area contributed by atoms with Crippen molar-refractivity contribution in [1.82, 2.24) is 20.9 Å². The van der Waals surface area contributed by atoms with Gasteiger partial charge in [-0.2, -0.15) is 0 Å². The van der Waals surface area contributed by atoms with Crippen molar-refractivity contribution in [3.8, 4) is 0 Å². The van der Waals surface area contributed by atoms with E-state index in [2.05, 4.69) is 25.8 Å². The minimum atomic E-state index is -0.514. The minimum Gasteiger partial charge on any atom is -0.444 e. The number of morpholine rings is 1. The number of aliphatic imine (C=N–C) groups is 1. The SMILES string of the molecule is CN=C(NCC1CN2CCCC2CO1)NCC(C)(C)NC(=O)OC(C)(C)C. The number of hydrogen-bond acceptors (Lipinski definition) is 5. The van der Waals surface area contributed by atoms with Crippen LogP contribution in [0.1, 0.15) is 47.5 Å². The van der Waals surface area contributed by atoms with E-state index in [4.69, 9.17) is 9.47 Å². The highest BCUT2D eigenvalue weighted by molar-refractivity contribution is 5.79. The molecule has 0 radical (unpaired) electrons. The molecule has 27 heavy (non-hydrogen) atoms. The molecule has 0 bridgehead atoms. The first-order valence-corrected chi connectivity index (χ1v) is 9.89. The van der Waals surface area contributed by atoms with Gasteiger partial charge in [0.05, 0.1) is 18.2 Å². The molecule has 0 saturated carbocycles. The van der Waals surface area contributed by atoms with Gasteiger partial charge in [-0.05, 0) is 54.0 Å². The quantitative estimate of drug-likeness (QED) is 0.490. The van der Waals surface area contributed by atoms with Crippen molar-refractivity contribution in [2.75, 3.05) is 39.8 Å². The highest BCUT2D eigenvalue weighted by Gasteiger charge is 2.32. The standard InChI is InChI=1S/C19H37N5O3/c1-18(2,3)27-17(25)23-19(4,5)13-22-16(20-6)21-10-15-11-24-9-7-8-14(24)12-26-15/h14-15H,7-13H2,1-6H3,(H,23,25)(H2,20,21,22). The van der Waals surface area contributed by atoms with Gasteiger partial charge in [0.1, 0.15) is 5.60 Å². The lowest BCUT2D eigenvalue weighted by atomic mass is 10.1. The van der Waals surface area contributed by atoms with Gasteiger partial charge in [0.15, 0.2) is 5.96 Å². The molecule has 0 spiro atoms. The number of rotatable bonds is 5. The summed E-state index contributed by atoms with van der Waals surface area (Å²) in [6, 6.07) is 0.610. The summed E-state index contributed by atoms with van der Waals surface area (Å²) in [5, 5.41) is 9.47. The van der Waals surface area contributed by atoms with Gasteiger partial charge in [0.25, 0.3) is 0 Å². The van der Waals surface area contributed by atoms with Crippen LogP contribution in [0.15, 0.2) is 4.99 Å². The monoisotopic (exact) mass is 383 g/mol. The molecule has 2 fully saturated rings. The minimum absolute atomic E-state index is 0.172. The third-order valence-electron chi connectivity index (χ3n) is 4.72. The Morgan fingerprint density at radius 1 is 1.26 bits per heavy atom. The van der Waals surface area contributed by atoms with Crippen LogP contribution in [0.2, 0.25) is 0 Å². The maximum atomic E-state index is 12.0. The number of carbonyl (C=O) groups excluding carboxylic acids is 1. The smallest absolute Gasteiger partial charge is 0.408 e. The van der Waals surface area contributed by atoms with Crippen molar-refractivity contribution >= 4 is 12.1 Å². The third kappa shape index (κ3) is 7.54. The lowest BCUT2D eigenvalue weighted by Crippen LogP contribution is -2.55. The fourth-order valence-electron chi connectivity index (χ4n) is 3.37. The summed E-state index contributed by atoms with van der Waals surface area (Å²) in [6.07, 6.45) is 2.28. The molecule has 2 rings (SSSR count). The van der Waals surface area contributed by atoms with E-state index in [1.165, 1.54) is 19.4 Å². The van der Waals surface area contributed by atoms with E-state index in [9.17, 15) is 4.79 Å². The molecule has 2 aliphatic rings. The normalized spacial score (nSPS) is 24.3. The molecule has 0 aromatic carbocycles. The summed E-state index contributed by atoms with van der Waals surface area (Å²) in [7, 11) is 1.74. The Kier molecular flexibility index (Phi) is 7.33. The van der Waals surface area contributed by atoms with Gasteiger partial charge in [-0.3, -0.25) is 9.89 Å². The van der Waals surface area contributed by atoms with Crippen LogP contribution in [-0.2, 0) is 9.47 Å². The molecule has 8 heteroatoms. The average molecular weight is 384 g/mol. The van der Waals surface area contributed by atoms with Gasteiger partial charge < -0.3 is 25.4 Å². The zero-order valence-electron chi connectivity index (χ0n) is 17.7. The molecule has 2 heterocycles. The molecule has 0 aromatic rings. The first kappa shape index (κ1) is 21.8. The number of alkyl carbamates (subject to hydrolysis) is 1. The average Bonchev–Trinajstić information content (AvgIpc) is 3.00. The molecular weight excluding hydrogens is 346 g/mol. The second-order valence-corrected chi connectivity index (χ2v) is 9.06. The Labute approximate surface area is 163 Å². The summed E-state index contributed by atoms with van der Waals surface area (Å²) in [5.41, 5.74) is -0.996. The fourth-order valence-corrected chi connectivity index (χ4v) is 3.37. The van der Waals surface area contributed by atoms with Crippen LogP contribution in [-0.4, -0.2) is 80.1 Å². The van der Waals surface area contributed by atoms with E-state index >= 15 is 0 Å². The predicted octanol–water partition coefficient (Wildman–Crippen LogP) is 1.32. The molecular formula is C19H37N5O3.